The van der Waals surface area contributed by atoms with Crippen molar-refractivity contribution in [2.24, 2.45) is 5.73 Å². The summed E-state index contributed by atoms with van der Waals surface area (Å²) in [5.74, 6) is 0. The molecule has 1 rings (SSSR count). The van der Waals surface area contributed by atoms with Crippen molar-refractivity contribution in [3.63, 3.8) is 0 Å². The van der Waals surface area contributed by atoms with E-state index in [0.29, 0.717) is 19.8 Å². The number of hydrogen-bond acceptors (Lipinski definition) is 4. The van der Waals surface area contributed by atoms with Crippen LogP contribution in [0, 0.1) is 0 Å². The molecule has 1 unspecified atom stereocenters. The number of rotatable bonds is 9. The van der Waals surface area contributed by atoms with Crippen LogP contribution >= 0.6 is 15.9 Å². The Balaban J connectivity index is 2.94. The Morgan fingerprint density at radius 3 is 2.60 bits per heavy atom. The molecule has 0 aliphatic heterocycles. The maximum atomic E-state index is 5.60. The van der Waals surface area contributed by atoms with Gasteiger partial charge in [0.05, 0.1) is 18.9 Å². The van der Waals surface area contributed by atoms with E-state index >= 15 is 0 Å². The van der Waals surface area contributed by atoms with Crippen LogP contribution in [0.3, 0.4) is 0 Å². The number of anilines is 1. The van der Waals surface area contributed by atoms with Crippen molar-refractivity contribution in [3.05, 3.63) is 28.2 Å². The highest BCUT2D eigenvalue weighted by molar-refractivity contribution is 9.10. The van der Waals surface area contributed by atoms with E-state index in [9.17, 15) is 0 Å². The van der Waals surface area contributed by atoms with E-state index in [4.69, 9.17) is 15.2 Å². The number of hydrogen-bond donors (Lipinski definition) is 1. The summed E-state index contributed by atoms with van der Waals surface area (Å²) < 4.78 is 11.6. The molecule has 4 nitrogen and oxygen atoms in total. The topological polar surface area (TPSA) is 47.7 Å². The van der Waals surface area contributed by atoms with Gasteiger partial charge in [0.25, 0.3) is 0 Å². The Bertz CT molecular complexity index is 401. The molecule has 0 aliphatic carbocycles. The number of nitrogens with zero attached hydrogens (tertiary/aromatic N) is 1. The van der Waals surface area contributed by atoms with Crippen molar-refractivity contribution in [3.8, 4) is 0 Å². The van der Waals surface area contributed by atoms with Crippen molar-refractivity contribution in [1.29, 1.82) is 0 Å². The van der Waals surface area contributed by atoms with E-state index in [-0.39, 0.29) is 6.04 Å². The fraction of sp³-hybridized carbons (Fsp3) is 0.600. The Hall–Kier alpha value is -0.620. The SMILES string of the molecule is COCCN(c1ccc(CCN)cc1Br)C(C)COC. The van der Waals surface area contributed by atoms with E-state index in [2.05, 4.69) is 46.0 Å². The third kappa shape index (κ3) is 5.05. The largest absolute Gasteiger partial charge is 0.383 e. The Morgan fingerprint density at radius 2 is 2.05 bits per heavy atom. The van der Waals surface area contributed by atoms with Crippen LogP contribution in [0.15, 0.2) is 22.7 Å². The molecule has 114 valence electrons. The Kier molecular flexibility index (Phi) is 8.14. The number of ether oxygens (including phenoxy) is 2. The van der Waals surface area contributed by atoms with Crippen LogP contribution in [-0.2, 0) is 15.9 Å². The first kappa shape index (κ1) is 17.4. The fourth-order valence-electron chi connectivity index (χ4n) is 2.20. The van der Waals surface area contributed by atoms with Crippen molar-refractivity contribution in [2.45, 2.75) is 19.4 Å². The van der Waals surface area contributed by atoms with Gasteiger partial charge in [0, 0.05) is 31.3 Å². The summed E-state index contributed by atoms with van der Waals surface area (Å²) in [7, 11) is 3.45. The van der Waals surface area contributed by atoms with Crippen LogP contribution in [0.2, 0.25) is 0 Å². The lowest BCUT2D eigenvalue weighted by Crippen LogP contribution is -2.38. The molecule has 0 aromatic heterocycles. The molecule has 0 spiro atoms. The van der Waals surface area contributed by atoms with E-state index in [1.165, 1.54) is 5.56 Å². The summed E-state index contributed by atoms with van der Waals surface area (Å²) in [5.41, 5.74) is 8.01. The van der Waals surface area contributed by atoms with Crippen LogP contribution in [-0.4, -0.2) is 46.6 Å². The van der Waals surface area contributed by atoms with Crippen LogP contribution in [0.1, 0.15) is 12.5 Å². The standard InChI is InChI=1S/C15H25BrN2O2/c1-12(11-20-3)18(8-9-19-2)15-5-4-13(6-7-17)10-14(15)16/h4-5,10,12H,6-9,11,17H2,1-3H3. The first-order chi connectivity index (χ1) is 9.63. The molecule has 1 atom stereocenters. The molecular formula is C15H25BrN2O2. The zero-order chi connectivity index (χ0) is 15.0. The number of nitrogens with two attached hydrogens (primary N) is 1. The van der Waals surface area contributed by atoms with Gasteiger partial charge in [-0.1, -0.05) is 6.07 Å². The minimum atomic E-state index is 0.284. The van der Waals surface area contributed by atoms with Gasteiger partial charge in [-0.15, -0.1) is 0 Å². The second-order valence-electron chi connectivity index (χ2n) is 4.81. The molecule has 0 saturated heterocycles. The van der Waals surface area contributed by atoms with Gasteiger partial charge in [0.1, 0.15) is 0 Å². The molecule has 1 aromatic rings. The molecule has 0 radical (unpaired) electrons. The highest BCUT2D eigenvalue weighted by Gasteiger charge is 2.17. The number of benzene rings is 1. The van der Waals surface area contributed by atoms with Gasteiger partial charge in [0.15, 0.2) is 0 Å². The van der Waals surface area contributed by atoms with Gasteiger partial charge in [-0.25, -0.2) is 0 Å². The summed E-state index contributed by atoms with van der Waals surface area (Å²) in [6.45, 7) is 5.01. The van der Waals surface area contributed by atoms with Crippen molar-refractivity contribution < 1.29 is 9.47 Å². The lowest BCUT2D eigenvalue weighted by molar-refractivity contribution is 0.171. The van der Waals surface area contributed by atoms with E-state index in [0.717, 1.165) is 23.1 Å². The molecule has 20 heavy (non-hydrogen) atoms. The van der Waals surface area contributed by atoms with Crippen LogP contribution in [0.5, 0.6) is 0 Å². The minimum Gasteiger partial charge on any atom is -0.383 e. The predicted octanol–water partition coefficient (Wildman–Crippen LogP) is 2.44. The van der Waals surface area contributed by atoms with Crippen molar-refractivity contribution in [1.82, 2.24) is 0 Å². The average molecular weight is 345 g/mol. The lowest BCUT2D eigenvalue weighted by Gasteiger charge is -2.31. The predicted molar refractivity (Wildman–Crippen MR) is 87.5 cm³/mol. The van der Waals surface area contributed by atoms with E-state index in [1.54, 1.807) is 14.2 Å². The normalized spacial score (nSPS) is 12.4. The van der Waals surface area contributed by atoms with Gasteiger partial charge in [-0.3, -0.25) is 0 Å². The molecule has 0 bridgehead atoms. The highest BCUT2D eigenvalue weighted by atomic mass is 79.9. The summed E-state index contributed by atoms with van der Waals surface area (Å²) in [6.07, 6.45) is 0.893. The maximum Gasteiger partial charge on any atom is 0.0663 e. The van der Waals surface area contributed by atoms with Crippen LogP contribution in [0.4, 0.5) is 5.69 Å². The quantitative estimate of drug-likeness (QED) is 0.747. The van der Waals surface area contributed by atoms with Crippen molar-refractivity contribution in [2.75, 3.05) is 45.4 Å². The molecule has 2 N–H and O–H groups in total. The monoisotopic (exact) mass is 344 g/mol. The molecule has 0 aliphatic rings. The van der Waals surface area contributed by atoms with Gasteiger partial charge in [-0.2, -0.15) is 0 Å². The molecule has 0 heterocycles. The van der Waals surface area contributed by atoms with Crippen LogP contribution < -0.4 is 10.6 Å². The Labute approximate surface area is 130 Å². The summed E-state index contributed by atoms with van der Waals surface area (Å²) >= 11 is 3.66. The first-order valence-electron chi connectivity index (χ1n) is 6.87. The van der Waals surface area contributed by atoms with Gasteiger partial charge in [0.2, 0.25) is 0 Å². The van der Waals surface area contributed by atoms with E-state index in [1.807, 2.05) is 0 Å². The summed E-state index contributed by atoms with van der Waals surface area (Å²) in [5, 5.41) is 0. The molecule has 1 aromatic carbocycles. The lowest BCUT2D eigenvalue weighted by atomic mass is 10.1. The molecule has 5 heteroatoms. The molecule has 0 fully saturated rings. The van der Waals surface area contributed by atoms with Gasteiger partial charge < -0.3 is 20.1 Å². The second-order valence-corrected chi connectivity index (χ2v) is 5.67. The zero-order valence-electron chi connectivity index (χ0n) is 12.6. The second kappa shape index (κ2) is 9.34. The third-order valence-corrected chi connectivity index (χ3v) is 3.87. The third-order valence-electron chi connectivity index (χ3n) is 3.23. The van der Waals surface area contributed by atoms with Crippen molar-refractivity contribution >= 4 is 21.6 Å². The van der Waals surface area contributed by atoms with Crippen LogP contribution in [0.25, 0.3) is 0 Å². The molecule has 0 amide bonds. The Morgan fingerprint density at radius 1 is 1.30 bits per heavy atom. The fourth-order valence-corrected chi connectivity index (χ4v) is 2.86. The number of methoxy groups -OCH3 is 2. The maximum absolute atomic E-state index is 5.60. The average Bonchev–Trinajstić information content (AvgIpc) is 2.42. The molecule has 0 saturated carbocycles. The minimum absolute atomic E-state index is 0.284. The molecular weight excluding hydrogens is 320 g/mol. The highest BCUT2D eigenvalue weighted by Crippen LogP contribution is 2.29. The smallest absolute Gasteiger partial charge is 0.0663 e. The van der Waals surface area contributed by atoms with Gasteiger partial charge in [-0.05, 0) is 53.5 Å². The van der Waals surface area contributed by atoms with Gasteiger partial charge >= 0.3 is 0 Å². The zero-order valence-corrected chi connectivity index (χ0v) is 14.1. The first-order valence-corrected chi connectivity index (χ1v) is 7.66. The van der Waals surface area contributed by atoms with E-state index < -0.39 is 0 Å². The number of halogens is 1. The summed E-state index contributed by atoms with van der Waals surface area (Å²) in [4.78, 5) is 2.29. The summed E-state index contributed by atoms with van der Waals surface area (Å²) in [6, 6.07) is 6.69.